The van der Waals surface area contributed by atoms with E-state index in [0.717, 1.165) is 30.0 Å². The highest BCUT2D eigenvalue weighted by Crippen LogP contribution is 2.40. The van der Waals surface area contributed by atoms with E-state index in [-0.39, 0.29) is 0 Å². The summed E-state index contributed by atoms with van der Waals surface area (Å²) in [6.07, 6.45) is 1.07. The fourth-order valence-corrected chi connectivity index (χ4v) is 7.40. The summed E-state index contributed by atoms with van der Waals surface area (Å²) in [5.74, 6) is 0. The van der Waals surface area contributed by atoms with Crippen molar-refractivity contribution in [2.45, 2.75) is 6.42 Å². The van der Waals surface area contributed by atoms with Crippen LogP contribution in [0.1, 0.15) is 5.56 Å². The normalized spacial score (nSPS) is 12.2. The molecule has 0 aliphatic carbocycles. The molecule has 2 nitrogen and oxygen atoms in total. The molecule has 238 valence electrons. The minimum atomic E-state index is 1.01. The molecule has 0 unspecified atom stereocenters. The molecule has 0 N–H and O–H groups in total. The highest BCUT2D eigenvalue weighted by atomic mass is 15.2. The smallest absolute Gasteiger partial charge is 0.0462 e. The molecule has 0 atom stereocenters. The van der Waals surface area contributed by atoms with Crippen molar-refractivity contribution in [3.63, 3.8) is 0 Å². The second-order valence-corrected chi connectivity index (χ2v) is 12.9. The Balaban J connectivity index is 1.01. The van der Waals surface area contributed by atoms with Gasteiger partial charge in [0.2, 0.25) is 0 Å². The summed E-state index contributed by atoms with van der Waals surface area (Å²) in [4.78, 5) is 4.80. The molecule has 2 heteroatoms. The van der Waals surface area contributed by atoms with Crippen molar-refractivity contribution in [3.8, 4) is 33.4 Å². The van der Waals surface area contributed by atoms with Gasteiger partial charge < -0.3 is 9.80 Å². The molecule has 0 fully saturated rings. The van der Waals surface area contributed by atoms with Gasteiger partial charge in [-0.1, -0.05) is 140 Å². The number of rotatable bonds is 7. The van der Waals surface area contributed by atoms with Crippen molar-refractivity contribution in [2.75, 3.05) is 16.3 Å². The number of anilines is 5. The SMILES string of the molecule is c1ccc(-c2ccc(N(c3ccc(-c4ccccc4)cc3)c3ccc(-c4ccc(N5CCc6c5ccc5ccccc65)cc4)cc3)cc2)cc1. The average Bonchev–Trinajstić information content (AvgIpc) is 3.65. The molecule has 1 aliphatic heterocycles. The maximum atomic E-state index is 2.46. The van der Waals surface area contributed by atoms with E-state index >= 15 is 0 Å². The van der Waals surface area contributed by atoms with E-state index in [1.807, 2.05) is 0 Å². The zero-order valence-electron chi connectivity index (χ0n) is 27.8. The Labute approximate surface area is 294 Å². The first kappa shape index (κ1) is 29.7. The van der Waals surface area contributed by atoms with E-state index in [2.05, 4.69) is 204 Å². The van der Waals surface area contributed by atoms with Gasteiger partial charge in [-0.05, 0) is 111 Å². The van der Waals surface area contributed by atoms with Crippen molar-refractivity contribution in [1.82, 2.24) is 0 Å². The summed E-state index contributed by atoms with van der Waals surface area (Å²) < 4.78 is 0. The van der Waals surface area contributed by atoms with E-state index in [1.165, 1.54) is 61.1 Å². The largest absolute Gasteiger partial charge is 0.341 e. The van der Waals surface area contributed by atoms with Crippen LogP contribution in [0.3, 0.4) is 0 Å². The Morgan fingerprint density at radius 2 is 0.780 bits per heavy atom. The van der Waals surface area contributed by atoms with Gasteiger partial charge in [0.1, 0.15) is 0 Å². The topological polar surface area (TPSA) is 6.48 Å². The Hall–Kier alpha value is -6.38. The number of fused-ring (bicyclic) bond motifs is 3. The van der Waals surface area contributed by atoms with Gasteiger partial charge in [0, 0.05) is 35.0 Å². The van der Waals surface area contributed by atoms with E-state index in [1.54, 1.807) is 0 Å². The van der Waals surface area contributed by atoms with Crippen LogP contribution in [0.25, 0.3) is 44.2 Å². The highest BCUT2D eigenvalue weighted by molar-refractivity contribution is 5.93. The predicted molar refractivity (Wildman–Crippen MR) is 212 cm³/mol. The van der Waals surface area contributed by atoms with Gasteiger partial charge in [-0.3, -0.25) is 0 Å². The minimum absolute atomic E-state index is 1.01. The zero-order valence-corrected chi connectivity index (χ0v) is 27.8. The molecule has 50 heavy (non-hydrogen) atoms. The second kappa shape index (κ2) is 12.9. The molecular weight excluding hydrogens is 605 g/mol. The first-order chi connectivity index (χ1) is 24.8. The van der Waals surface area contributed by atoms with E-state index < -0.39 is 0 Å². The Morgan fingerprint density at radius 3 is 1.28 bits per heavy atom. The Bertz CT molecular complexity index is 2300. The third-order valence-corrected chi connectivity index (χ3v) is 10.00. The van der Waals surface area contributed by atoms with Crippen LogP contribution in [0, 0.1) is 0 Å². The van der Waals surface area contributed by atoms with Crippen LogP contribution < -0.4 is 9.80 Å². The van der Waals surface area contributed by atoms with E-state index in [4.69, 9.17) is 0 Å². The monoisotopic (exact) mass is 640 g/mol. The molecule has 1 aliphatic rings. The number of nitrogens with zero attached hydrogens (tertiary/aromatic N) is 2. The molecule has 0 aromatic heterocycles. The van der Waals surface area contributed by atoms with Crippen LogP contribution in [0.4, 0.5) is 28.4 Å². The van der Waals surface area contributed by atoms with Gasteiger partial charge in [0.15, 0.2) is 0 Å². The third kappa shape index (κ3) is 5.61. The molecule has 0 bridgehead atoms. The lowest BCUT2D eigenvalue weighted by Crippen LogP contribution is -2.12. The molecule has 0 radical (unpaired) electrons. The summed E-state index contributed by atoms with van der Waals surface area (Å²) in [6, 6.07) is 70.1. The van der Waals surface area contributed by atoms with Gasteiger partial charge in [0.05, 0.1) is 0 Å². The van der Waals surface area contributed by atoms with Crippen molar-refractivity contribution in [1.29, 1.82) is 0 Å². The zero-order chi connectivity index (χ0) is 33.3. The van der Waals surface area contributed by atoms with Crippen LogP contribution >= 0.6 is 0 Å². The van der Waals surface area contributed by atoms with E-state index in [0.29, 0.717) is 0 Å². The summed E-state index contributed by atoms with van der Waals surface area (Å²) in [7, 11) is 0. The van der Waals surface area contributed by atoms with Crippen molar-refractivity contribution >= 4 is 39.2 Å². The average molecular weight is 641 g/mol. The highest BCUT2D eigenvalue weighted by Gasteiger charge is 2.22. The summed E-state index contributed by atoms with van der Waals surface area (Å²) in [6.45, 7) is 1.01. The quantitative estimate of drug-likeness (QED) is 0.171. The number of hydrogen-bond donors (Lipinski definition) is 0. The summed E-state index contributed by atoms with van der Waals surface area (Å²) >= 11 is 0. The predicted octanol–water partition coefficient (Wildman–Crippen LogP) is 13.0. The lowest BCUT2D eigenvalue weighted by Gasteiger charge is -2.26. The van der Waals surface area contributed by atoms with Crippen LogP contribution in [0.5, 0.6) is 0 Å². The van der Waals surface area contributed by atoms with Crippen molar-refractivity contribution < 1.29 is 0 Å². The molecular formula is C48H36N2. The molecule has 0 saturated carbocycles. The van der Waals surface area contributed by atoms with Gasteiger partial charge in [-0.25, -0.2) is 0 Å². The maximum Gasteiger partial charge on any atom is 0.0462 e. The molecule has 9 rings (SSSR count). The van der Waals surface area contributed by atoms with Gasteiger partial charge in [-0.15, -0.1) is 0 Å². The summed E-state index contributed by atoms with van der Waals surface area (Å²) in [5.41, 5.74) is 14.6. The van der Waals surface area contributed by atoms with Crippen LogP contribution in [-0.4, -0.2) is 6.54 Å². The lowest BCUT2D eigenvalue weighted by atomic mass is 10.0. The molecule has 0 amide bonds. The molecule has 0 spiro atoms. The van der Waals surface area contributed by atoms with Crippen LogP contribution in [-0.2, 0) is 6.42 Å². The second-order valence-electron chi connectivity index (χ2n) is 12.9. The first-order valence-corrected chi connectivity index (χ1v) is 17.4. The summed E-state index contributed by atoms with van der Waals surface area (Å²) in [5, 5.41) is 2.69. The van der Waals surface area contributed by atoms with Crippen molar-refractivity contribution in [3.05, 3.63) is 200 Å². The van der Waals surface area contributed by atoms with Crippen LogP contribution in [0.15, 0.2) is 194 Å². The minimum Gasteiger partial charge on any atom is -0.341 e. The fraction of sp³-hybridized carbons (Fsp3) is 0.0417. The van der Waals surface area contributed by atoms with Gasteiger partial charge >= 0.3 is 0 Å². The van der Waals surface area contributed by atoms with Gasteiger partial charge in [-0.2, -0.15) is 0 Å². The van der Waals surface area contributed by atoms with Gasteiger partial charge in [0.25, 0.3) is 0 Å². The molecule has 8 aromatic rings. The molecule has 8 aromatic carbocycles. The third-order valence-electron chi connectivity index (χ3n) is 10.00. The lowest BCUT2D eigenvalue weighted by molar-refractivity contribution is 1.00. The maximum absolute atomic E-state index is 2.46. The number of hydrogen-bond acceptors (Lipinski definition) is 2. The first-order valence-electron chi connectivity index (χ1n) is 17.4. The fourth-order valence-electron chi connectivity index (χ4n) is 7.40. The molecule has 1 heterocycles. The Morgan fingerprint density at radius 1 is 0.360 bits per heavy atom. The number of benzene rings is 8. The Kier molecular flexibility index (Phi) is 7.68. The van der Waals surface area contributed by atoms with Crippen molar-refractivity contribution in [2.24, 2.45) is 0 Å². The van der Waals surface area contributed by atoms with Crippen LogP contribution in [0.2, 0.25) is 0 Å². The van der Waals surface area contributed by atoms with E-state index in [9.17, 15) is 0 Å². The molecule has 0 saturated heterocycles. The standard InChI is InChI=1S/C48H36N2/c1-3-9-35(10-4-1)37-17-26-43(27-18-37)50(44-28-19-38(20-29-44)36-11-5-2-6-12-36)45-30-21-40(22-31-45)39-15-24-42(25-16-39)49-34-33-47-46-14-8-7-13-41(46)23-32-48(47)49/h1-32H,33-34H2.